The highest BCUT2D eigenvalue weighted by Gasteiger charge is 2.37. The van der Waals surface area contributed by atoms with Crippen LogP contribution in [0, 0.1) is 6.92 Å². The van der Waals surface area contributed by atoms with Crippen LogP contribution in [0.1, 0.15) is 30.0 Å². The number of aryl methyl sites for hydroxylation is 1. The summed E-state index contributed by atoms with van der Waals surface area (Å²) in [7, 11) is 0. The molecule has 164 valence electrons. The normalized spacial score (nSPS) is 17.3. The molecule has 2 aromatic rings. The van der Waals surface area contributed by atoms with Crippen LogP contribution in [0.2, 0.25) is 0 Å². The zero-order valence-electron chi connectivity index (χ0n) is 17.5. The van der Waals surface area contributed by atoms with Crippen LogP contribution in [0.4, 0.5) is 10.5 Å². The second kappa shape index (κ2) is 9.61. The molecule has 0 aliphatic carbocycles. The number of aliphatic carboxylic acids is 1. The van der Waals surface area contributed by atoms with E-state index in [0.29, 0.717) is 12.1 Å². The lowest BCUT2D eigenvalue weighted by Crippen LogP contribution is -2.58. The molecule has 2 aromatic carbocycles. The third kappa shape index (κ3) is 5.61. The summed E-state index contributed by atoms with van der Waals surface area (Å²) in [4.78, 5) is 38.6. The van der Waals surface area contributed by atoms with Crippen molar-refractivity contribution in [1.29, 1.82) is 0 Å². The number of aliphatic hydroxyl groups is 1. The summed E-state index contributed by atoms with van der Waals surface area (Å²) in [5.41, 5.74) is 3.44. The lowest BCUT2D eigenvalue weighted by molar-refractivity contribution is -0.143. The first-order valence-corrected chi connectivity index (χ1v) is 10.2. The second-order valence-electron chi connectivity index (χ2n) is 7.88. The number of benzene rings is 2. The van der Waals surface area contributed by atoms with Crippen LogP contribution in [0.15, 0.2) is 48.5 Å². The van der Waals surface area contributed by atoms with Gasteiger partial charge in [-0.2, -0.15) is 0 Å². The average molecular weight is 425 g/mol. The van der Waals surface area contributed by atoms with Crippen molar-refractivity contribution in [3.8, 4) is 0 Å². The number of carbonyl (C=O) groups excluding carboxylic acids is 2. The number of hydrogen-bond acceptors (Lipinski definition) is 4. The Labute approximate surface area is 180 Å². The van der Waals surface area contributed by atoms with E-state index in [1.807, 2.05) is 37.3 Å². The molecule has 0 bridgehead atoms. The number of urea groups is 1. The number of nitrogens with zero attached hydrogens (tertiary/aromatic N) is 1. The van der Waals surface area contributed by atoms with Crippen LogP contribution in [0.25, 0.3) is 0 Å². The van der Waals surface area contributed by atoms with Gasteiger partial charge in [-0.25, -0.2) is 4.79 Å². The molecule has 3 atom stereocenters. The summed E-state index contributed by atoms with van der Waals surface area (Å²) in [6, 6.07) is 12.3. The van der Waals surface area contributed by atoms with E-state index in [2.05, 4.69) is 10.6 Å². The smallest absolute Gasteiger partial charge is 0.319 e. The molecule has 3 rings (SSSR count). The fraction of sp³-hybridized carbons (Fsp3) is 0.348. The van der Waals surface area contributed by atoms with Gasteiger partial charge in [-0.1, -0.05) is 36.4 Å². The van der Waals surface area contributed by atoms with Crippen LogP contribution in [0.3, 0.4) is 0 Å². The number of carboxylic acid groups (broad SMARTS) is 1. The summed E-state index contributed by atoms with van der Waals surface area (Å²) in [5, 5.41) is 24.8. The lowest BCUT2D eigenvalue weighted by Gasteiger charge is -2.39. The molecule has 8 heteroatoms. The topological polar surface area (TPSA) is 119 Å². The number of rotatable bonds is 6. The Balaban J connectivity index is 1.78. The molecular formula is C23H27N3O5. The molecule has 31 heavy (non-hydrogen) atoms. The highest BCUT2D eigenvalue weighted by atomic mass is 16.4. The van der Waals surface area contributed by atoms with Gasteiger partial charge < -0.3 is 25.7 Å². The monoisotopic (exact) mass is 425 g/mol. The third-order valence-corrected chi connectivity index (χ3v) is 5.36. The molecule has 4 N–H and O–H groups in total. The summed E-state index contributed by atoms with van der Waals surface area (Å²) in [5.74, 6) is -1.53. The number of carboxylic acids is 1. The van der Waals surface area contributed by atoms with E-state index < -0.39 is 36.1 Å². The minimum atomic E-state index is -1.22. The molecule has 1 aliphatic rings. The quantitative estimate of drug-likeness (QED) is 0.566. The maximum Gasteiger partial charge on any atom is 0.319 e. The highest BCUT2D eigenvalue weighted by Crippen LogP contribution is 2.26. The van der Waals surface area contributed by atoms with Crippen LogP contribution >= 0.6 is 0 Å². The van der Waals surface area contributed by atoms with Crippen molar-refractivity contribution in [1.82, 2.24) is 10.2 Å². The molecule has 1 aliphatic heterocycles. The zero-order chi connectivity index (χ0) is 22.5. The molecule has 2 unspecified atom stereocenters. The highest BCUT2D eigenvalue weighted by molar-refractivity contribution is 5.94. The number of carbonyl (C=O) groups is 3. The minimum Gasteiger partial charge on any atom is -0.481 e. The fourth-order valence-corrected chi connectivity index (χ4v) is 3.83. The van der Waals surface area contributed by atoms with Crippen molar-refractivity contribution in [3.05, 3.63) is 65.2 Å². The average Bonchev–Trinajstić information content (AvgIpc) is 2.70. The van der Waals surface area contributed by atoms with Gasteiger partial charge in [-0.3, -0.25) is 9.59 Å². The summed E-state index contributed by atoms with van der Waals surface area (Å²) in [6.07, 6.45) is -0.989. The summed E-state index contributed by atoms with van der Waals surface area (Å²) < 4.78 is 0. The molecule has 0 aromatic heterocycles. The van der Waals surface area contributed by atoms with Gasteiger partial charge in [-0.05, 0) is 49.1 Å². The first kappa shape index (κ1) is 22.3. The van der Waals surface area contributed by atoms with Crippen molar-refractivity contribution in [2.24, 2.45) is 0 Å². The number of aliphatic hydroxyl groups excluding tert-OH is 1. The van der Waals surface area contributed by atoms with Crippen LogP contribution in [-0.4, -0.2) is 51.2 Å². The van der Waals surface area contributed by atoms with E-state index in [1.165, 1.54) is 11.8 Å². The first-order valence-electron chi connectivity index (χ1n) is 10.2. The van der Waals surface area contributed by atoms with Gasteiger partial charge in [0.15, 0.2) is 0 Å². The fourth-order valence-electron chi connectivity index (χ4n) is 3.83. The molecule has 0 radical (unpaired) electrons. The molecule has 0 saturated carbocycles. The Morgan fingerprint density at radius 2 is 1.84 bits per heavy atom. The summed E-state index contributed by atoms with van der Waals surface area (Å²) in [6.45, 7) is 3.53. The van der Waals surface area contributed by atoms with E-state index in [0.717, 1.165) is 16.7 Å². The Kier molecular flexibility index (Phi) is 6.91. The van der Waals surface area contributed by atoms with Gasteiger partial charge in [0.05, 0.1) is 12.5 Å². The number of amides is 3. The van der Waals surface area contributed by atoms with Crippen LogP contribution in [-0.2, 0) is 22.6 Å². The number of fused-ring (bicyclic) bond motifs is 1. The Hall–Kier alpha value is -3.39. The molecular weight excluding hydrogens is 398 g/mol. The van der Waals surface area contributed by atoms with Crippen molar-refractivity contribution in [3.63, 3.8) is 0 Å². The maximum atomic E-state index is 13.3. The second-order valence-corrected chi connectivity index (χ2v) is 7.88. The number of anilines is 1. The van der Waals surface area contributed by atoms with Crippen molar-refractivity contribution < 1.29 is 24.6 Å². The first-order chi connectivity index (χ1) is 14.7. The van der Waals surface area contributed by atoms with Crippen molar-refractivity contribution >= 4 is 23.6 Å². The molecule has 0 fully saturated rings. The van der Waals surface area contributed by atoms with Crippen LogP contribution in [0.5, 0.6) is 0 Å². The minimum absolute atomic E-state index is 0.220. The van der Waals surface area contributed by atoms with E-state index in [9.17, 15) is 24.6 Å². The Morgan fingerprint density at radius 1 is 1.13 bits per heavy atom. The SMILES string of the molecule is Cc1cccc(NC(=O)NC(C(=O)N2Cc3ccccc3C[C@@H]2CC(=O)O)C(C)O)c1. The summed E-state index contributed by atoms with van der Waals surface area (Å²) >= 11 is 0. The Morgan fingerprint density at radius 3 is 2.48 bits per heavy atom. The van der Waals surface area contributed by atoms with Gasteiger partial charge in [0.25, 0.3) is 0 Å². The van der Waals surface area contributed by atoms with Crippen LogP contribution < -0.4 is 10.6 Å². The molecule has 0 saturated heterocycles. The predicted molar refractivity (Wildman–Crippen MR) is 116 cm³/mol. The molecule has 1 heterocycles. The van der Waals surface area contributed by atoms with E-state index in [-0.39, 0.29) is 13.0 Å². The molecule has 3 amide bonds. The van der Waals surface area contributed by atoms with Crippen molar-refractivity contribution in [2.75, 3.05) is 5.32 Å². The van der Waals surface area contributed by atoms with Gasteiger partial charge in [0, 0.05) is 18.3 Å². The third-order valence-electron chi connectivity index (χ3n) is 5.36. The van der Waals surface area contributed by atoms with Gasteiger partial charge in [0.1, 0.15) is 6.04 Å². The lowest BCUT2D eigenvalue weighted by atomic mass is 9.91. The Bertz CT molecular complexity index is 975. The maximum absolute atomic E-state index is 13.3. The molecule has 0 spiro atoms. The van der Waals surface area contributed by atoms with Gasteiger partial charge in [0.2, 0.25) is 5.91 Å². The molecule has 8 nitrogen and oxygen atoms in total. The predicted octanol–water partition coefficient (Wildman–Crippen LogP) is 2.29. The van der Waals surface area contributed by atoms with E-state index in [4.69, 9.17) is 0 Å². The standard InChI is InChI=1S/C23H27N3O5/c1-14-6-5-9-18(10-14)24-23(31)25-21(15(2)27)22(30)26-13-17-8-4-3-7-16(17)11-19(26)12-20(28)29/h3-10,15,19,21,27H,11-13H2,1-2H3,(H,28,29)(H2,24,25,31)/t15?,19-,21?/m1/s1. The number of hydrogen-bond donors (Lipinski definition) is 4. The van der Waals surface area contributed by atoms with E-state index >= 15 is 0 Å². The van der Waals surface area contributed by atoms with Gasteiger partial charge >= 0.3 is 12.0 Å². The zero-order valence-corrected chi connectivity index (χ0v) is 17.5. The number of nitrogens with one attached hydrogen (secondary N) is 2. The van der Waals surface area contributed by atoms with Crippen molar-refractivity contribution in [2.45, 2.75) is 51.4 Å². The van der Waals surface area contributed by atoms with E-state index in [1.54, 1.807) is 18.2 Å². The largest absolute Gasteiger partial charge is 0.481 e. The van der Waals surface area contributed by atoms with Gasteiger partial charge in [-0.15, -0.1) is 0 Å².